The molecule has 2 bridgehead atoms. The Morgan fingerprint density at radius 3 is 2.91 bits per heavy atom. The fourth-order valence-corrected chi connectivity index (χ4v) is 3.92. The van der Waals surface area contributed by atoms with Gasteiger partial charge in [-0.1, -0.05) is 6.08 Å². The van der Waals surface area contributed by atoms with Crippen molar-refractivity contribution < 1.29 is 9.13 Å². The van der Waals surface area contributed by atoms with Crippen molar-refractivity contribution in [2.75, 3.05) is 16.0 Å². The van der Waals surface area contributed by atoms with Crippen LogP contribution in [0.3, 0.4) is 0 Å². The summed E-state index contributed by atoms with van der Waals surface area (Å²) in [4.78, 5) is 1.95. The number of nitrogens with two attached hydrogens (primary N) is 1. The predicted octanol–water partition coefficient (Wildman–Crippen LogP) is 3.25. The number of anilines is 3. The third kappa shape index (κ3) is 3.11. The number of nitrogen functional groups attached to an aromatic ring is 1. The number of nitrogens with zero attached hydrogens (tertiary/aromatic N) is 6. The molecule has 0 saturated carbocycles. The Morgan fingerprint density at radius 1 is 1.25 bits per heavy atom. The van der Waals surface area contributed by atoms with E-state index in [0.717, 1.165) is 5.69 Å². The molecule has 10 heteroatoms. The molecule has 9 nitrogen and oxygen atoms in total. The summed E-state index contributed by atoms with van der Waals surface area (Å²) in [5, 5.41) is 25.8. The number of fused-ring (bicyclic) bond motifs is 7. The fraction of sp³-hybridized carbons (Fsp3) is 0.182. The molecule has 0 saturated heterocycles. The van der Waals surface area contributed by atoms with Gasteiger partial charge in [0.1, 0.15) is 35.5 Å². The van der Waals surface area contributed by atoms with Crippen LogP contribution in [-0.2, 0) is 7.05 Å². The van der Waals surface area contributed by atoms with Crippen LogP contribution in [0.15, 0.2) is 48.7 Å². The van der Waals surface area contributed by atoms with Crippen molar-refractivity contribution in [2.24, 2.45) is 7.05 Å². The Balaban J connectivity index is 1.78. The van der Waals surface area contributed by atoms with E-state index in [-0.39, 0.29) is 23.6 Å². The van der Waals surface area contributed by atoms with Gasteiger partial charge in [-0.05, 0) is 37.3 Å². The van der Waals surface area contributed by atoms with E-state index in [1.165, 1.54) is 16.8 Å². The van der Waals surface area contributed by atoms with E-state index in [1.807, 2.05) is 36.3 Å². The third-order valence-corrected chi connectivity index (χ3v) is 5.44. The number of allylic oxidation sites excluding steroid dienone is 2. The Bertz CT molecular complexity index is 1320. The lowest BCUT2D eigenvalue weighted by Gasteiger charge is -2.34. The Kier molecular flexibility index (Phi) is 4.52. The fourth-order valence-electron chi connectivity index (χ4n) is 3.92. The monoisotopic (exact) mass is 430 g/mol. The second-order valence-electron chi connectivity index (χ2n) is 7.47. The lowest BCUT2D eigenvalue weighted by atomic mass is 10.0. The Labute approximate surface area is 183 Å². The van der Waals surface area contributed by atoms with Crippen molar-refractivity contribution in [1.29, 1.82) is 5.26 Å². The highest BCUT2D eigenvalue weighted by atomic mass is 19.1. The van der Waals surface area contributed by atoms with Gasteiger partial charge in [-0.25, -0.2) is 4.39 Å². The van der Waals surface area contributed by atoms with Crippen LogP contribution in [0, 0.1) is 17.1 Å². The van der Waals surface area contributed by atoms with Crippen LogP contribution in [0.25, 0.3) is 11.3 Å². The number of aryl methyl sites for hydroxylation is 1. The van der Waals surface area contributed by atoms with Crippen LogP contribution in [0.5, 0.6) is 5.75 Å². The van der Waals surface area contributed by atoms with Gasteiger partial charge in [0.2, 0.25) is 0 Å². The normalized spacial score (nSPS) is 18.8. The summed E-state index contributed by atoms with van der Waals surface area (Å²) in [5.41, 5.74) is 8.59. The average Bonchev–Trinajstić information content (AvgIpc) is 3.09. The van der Waals surface area contributed by atoms with Gasteiger partial charge in [0.05, 0.1) is 5.56 Å². The van der Waals surface area contributed by atoms with E-state index < -0.39 is 6.10 Å². The van der Waals surface area contributed by atoms with Gasteiger partial charge in [-0.3, -0.25) is 4.68 Å². The van der Waals surface area contributed by atoms with Crippen molar-refractivity contribution in [1.82, 2.24) is 20.0 Å². The minimum absolute atomic E-state index is 0.0891. The lowest BCUT2D eigenvalue weighted by molar-refractivity contribution is 0.227. The first kappa shape index (κ1) is 19.6. The van der Waals surface area contributed by atoms with Crippen molar-refractivity contribution in [3.05, 3.63) is 65.8 Å². The average molecular weight is 430 g/mol. The molecule has 3 N–H and O–H groups in total. The number of benzene rings is 1. The number of hydrogen-bond acceptors (Lipinski definition) is 8. The molecule has 2 atom stereocenters. The summed E-state index contributed by atoms with van der Waals surface area (Å²) in [6, 6.07) is 8.35. The van der Waals surface area contributed by atoms with Gasteiger partial charge in [-0.2, -0.15) is 10.4 Å². The predicted molar refractivity (Wildman–Crippen MR) is 117 cm³/mol. The van der Waals surface area contributed by atoms with Crippen molar-refractivity contribution in [3.8, 4) is 23.1 Å². The summed E-state index contributed by atoms with van der Waals surface area (Å²) in [6.45, 7) is 1.81. The molecule has 32 heavy (non-hydrogen) atoms. The van der Waals surface area contributed by atoms with E-state index in [2.05, 4.69) is 26.7 Å². The van der Waals surface area contributed by atoms with Gasteiger partial charge in [-0.15, -0.1) is 10.2 Å². The highest BCUT2D eigenvalue weighted by Gasteiger charge is 2.28. The second-order valence-corrected chi connectivity index (χ2v) is 7.47. The number of halogens is 1. The van der Waals surface area contributed by atoms with E-state index in [4.69, 9.17) is 10.5 Å². The van der Waals surface area contributed by atoms with Crippen LogP contribution in [0.2, 0.25) is 0 Å². The maximum Gasteiger partial charge on any atom is 0.188 e. The maximum absolute atomic E-state index is 14.2. The van der Waals surface area contributed by atoms with Crippen molar-refractivity contribution in [3.63, 3.8) is 0 Å². The third-order valence-electron chi connectivity index (χ3n) is 5.44. The highest BCUT2D eigenvalue weighted by Crippen LogP contribution is 2.38. The summed E-state index contributed by atoms with van der Waals surface area (Å²) in [7, 11) is 1.68. The highest BCUT2D eigenvalue weighted by molar-refractivity contribution is 5.80. The molecule has 1 aromatic carbocycles. The smallest absolute Gasteiger partial charge is 0.188 e. The maximum atomic E-state index is 14.2. The second kappa shape index (κ2) is 7.39. The van der Waals surface area contributed by atoms with Gasteiger partial charge in [0.15, 0.2) is 17.4 Å². The molecule has 0 aliphatic carbocycles. The van der Waals surface area contributed by atoms with E-state index in [1.54, 1.807) is 19.2 Å². The Hall–Kier alpha value is -4.39. The molecule has 0 spiro atoms. The van der Waals surface area contributed by atoms with E-state index in [0.29, 0.717) is 28.3 Å². The molecule has 2 aromatic heterocycles. The van der Waals surface area contributed by atoms with Crippen LogP contribution in [0.1, 0.15) is 24.3 Å². The quantitative estimate of drug-likeness (QED) is 0.558. The molecule has 0 fully saturated rings. The standard InChI is InChI=1S/C22H19FN8O/c1-12-14-9-13(23)6-7-16(14)31-8-4-3-5-19(31)26-22-20(17(11-24)30(2)29-22)15-10-18(32-12)21(25)28-27-15/h3-10,12,19H,1-2H3,(H2,25,28)(H,26,29)/t12-,19?/m1/s1. The number of nitriles is 1. The number of aromatic nitrogens is 4. The molecule has 2 aliphatic heterocycles. The zero-order chi connectivity index (χ0) is 22.4. The van der Waals surface area contributed by atoms with E-state index >= 15 is 0 Å². The largest absolute Gasteiger partial charge is 0.482 e. The Morgan fingerprint density at radius 2 is 2.09 bits per heavy atom. The summed E-state index contributed by atoms with van der Waals surface area (Å²) < 4.78 is 21.8. The van der Waals surface area contributed by atoms with Gasteiger partial charge in [0, 0.05) is 30.6 Å². The summed E-state index contributed by atoms with van der Waals surface area (Å²) >= 11 is 0. The van der Waals surface area contributed by atoms with Crippen LogP contribution < -0.4 is 20.7 Å². The van der Waals surface area contributed by atoms with Crippen molar-refractivity contribution in [2.45, 2.75) is 19.2 Å². The molecule has 0 amide bonds. The zero-order valence-electron chi connectivity index (χ0n) is 17.3. The number of hydrogen-bond donors (Lipinski definition) is 2. The van der Waals surface area contributed by atoms with Gasteiger partial charge in [0.25, 0.3) is 0 Å². The molecule has 2 aliphatic rings. The van der Waals surface area contributed by atoms with Crippen LogP contribution in [0.4, 0.5) is 21.7 Å². The first-order chi connectivity index (χ1) is 15.5. The number of nitrogens with one attached hydrogen (secondary N) is 1. The molecule has 0 radical (unpaired) electrons. The van der Waals surface area contributed by atoms with Gasteiger partial charge >= 0.3 is 0 Å². The first-order valence-corrected chi connectivity index (χ1v) is 9.93. The molecule has 4 heterocycles. The van der Waals surface area contributed by atoms with E-state index in [9.17, 15) is 9.65 Å². The number of rotatable bonds is 0. The first-order valence-electron chi connectivity index (χ1n) is 9.93. The molecular formula is C22H19FN8O. The minimum atomic E-state index is -0.553. The molecule has 3 aromatic rings. The lowest BCUT2D eigenvalue weighted by Crippen LogP contribution is -2.38. The van der Waals surface area contributed by atoms with Crippen LogP contribution >= 0.6 is 0 Å². The molecular weight excluding hydrogens is 411 g/mol. The topological polar surface area (TPSA) is 118 Å². The SMILES string of the molecule is C[C@H]1Oc2cc(nnc2N)-c2c(nn(C)c2C#N)NC2C=CC=CN2c2ccc(F)cc21. The zero-order valence-corrected chi connectivity index (χ0v) is 17.3. The molecule has 160 valence electrons. The summed E-state index contributed by atoms with van der Waals surface area (Å²) in [5.74, 6) is 0.439. The molecule has 5 rings (SSSR count). The molecule has 1 unspecified atom stereocenters. The van der Waals surface area contributed by atoms with Crippen molar-refractivity contribution >= 4 is 17.3 Å². The van der Waals surface area contributed by atoms with Crippen LogP contribution in [-0.4, -0.2) is 26.1 Å². The minimum Gasteiger partial charge on any atom is -0.482 e. The van der Waals surface area contributed by atoms with Gasteiger partial charge < -0.3 is 20.7 Å². The number of ether oxygens (including phenoxy) is 1. The summed E-state index contributed by atoms with van der Waals surface area (Å²) in [6.07, 6.45) is 6.69.